The van der Waals surface area contributed by atoms with Gasteiger partial charge in [0.25, 0.3) is 0 Å². The van der Waals surface area contributed by atoms with Gasteiger partial charge < -0.3 is 14.6 Å². The zero-order chi connectivity index (χ0) is 12.3. The van der Waals surface area contributed by atoms with Gasteiger partial charge >= 0.3 is 5.97 Å². The van der Waals surface area contributed by atoms with E-state index in [0.717, 1.165) is 5.56 Å². The Balaban J connectivity index is 2.21. The average molecular weight is 232 g/mol. The number of hydrogen-bond donors (Lipinski definition) is 1. The second-order valence-corrected chi connectivity index (χ2v) is 3.60. The maximum atomic E-state index is 11.0. The molecule has 0 aliphatic carbocycles. The quantitative estimate of drug-likeness (QED) is 0.638. The highest BCUT2D eigenvalue weighted by molar-refractivity contribution is 5.87. The van der Waals surface area contributed by atoms with Crippen molar-refractivity contribution >= 4 is 5.97 Å². The highest BCUT2D eigenvalue weighted by Gasteiger charge is 2.14. The molecule has 1 aromatic carbocycles. The van der Waals surface area contributed by atoms with E-state index in [2.05, 4.69) is 6.58 Å². The van der Waals surface area contributed by atoms with Crippen molar-refractivity contribution in [3.8, 4) is 11.5 Å². The standard InChI is InChI=1S/C13H12O4/c1-2-3-10(13(14)15)6-9-4-5-11-12(7-9)17-8-16-11/h2-5,7H,1,6,8H2,(H,14,15)/b10-3+. The van der Waals surface area contributed by atoms with Crippen LogP contribution in [-0.2, 0) is 11.2 Å². The molecular formula is C13H12O4. The molecule has 4 heteroatoms. The number of rotatable bonds is 4. The van der Waals surface area contributed by atoms with Gasteiger partial charge in [-0.05, 0) is 17.7 Å². The lowest BCUT2D eigenvalue weighted by Gasteiger charge is -2.03. The molecule has 2 rings (SSSR count). The molecule has 17 heavy (non-hydrogen) atoms. The van der Waals surface area contributed by atoms with Crippen LogP contribution >= 0.6 is 0 Å². The first-order chi connectivity index (χ1) is 8.20. The number of carboxylic acids is 1. The lowest BCUT2D eigenvalue weighted by molar-refractivity contribution is -0.132. The zero-order valence-electron chi connectivity index (χ0n) is 9.18. The maximum absolute atomic E-state index is 11.0. The summed E-state index contributed by atoms with van der Waals surface area (Å²) in [7, 11) is 0. The Morgan fingerprint density at radius 2 is 2.18 bits per heavy atom. The number of carbonyl (C=O) groups is 1. The number of aliphatic carboxylic acids is 1. The fraction of sp³-hybridized carbons (Fsp3) is 0.154. The molecule has 0 saturated carbocycles. The molecule has 1 heterocycles. The third kappa shape index (κ3) is 2.47. The van der Waals surface area contributed by atoms with Gasteiger partial charge in [0.15, 0.2) is 11.5 Å². The summed E-state index contributed by atoms with van der Waals surface area (Å²) in [6.45, 7) is 3.71. The molecule has 0 bridgehead atoms. The van der Waals surface area contributed by atoms with Crippen molar-refractivity contribution < 1.29 is 19.4 Å². The Kier molecular flexibility index (Phi) is 3.14. The monoisotopic (exact) mass is 232 g/mol. The van der Waals surface area contributed by atoms with Crippen LogP contribution < -0.4 is 9.47 Å². The van der Waals surface area contributed by atoms with E-state index < -0.39 is 5.97 Å². The minimum atomic E-state index is -0.942. The van der Waals surface area contributed by atoms with E-state index >= 15 is 0 Å². The van der Waals surface area contributed by atoms with Crippen molar-refractivity contribution in [1.29, 1.82) is 0 Å². The molecule has 1 aliphatic rings. The van der Waals surface area contributed by atoms with Crippen molar-refractivity contribution in [2.24, 2.45) is 0 Å². The van der Waals surface area contributed by atoms with Gasteiger partial charge in [-0.25, -0.2) is 4.79 Å². The lowest BCUT2D eigenvalue weighted by atomic mass is 10.0. The molecule has 0 radical (unpaired) electrons. The predicted octanol–water partition coefficient (Wildman–Crippen LogP) is 2.15. The second kappa shape index (κ2) is 4.74. The van der Waals surface area contributed by atoms with Crippen LogP contribution in [0.3, 0.4) is 0 Å². The highest BCUT2D eigenvalue weighted by Crippen LogP contribution is 2.33. The van der Waals surface area contributed by atoms with Crippen molar-refractivity contribution in [2.45, 2.75) is 6.42 Å². The second-order valence-electron chi connectivity index (χ2n) is 3.60. The van der Waals surface area contributed by atoms with E-state index in [1.807, 2.05) is 6.07 Å². The van der Waals surface area contributed by atoms with Gasteiger partial charge in [0, 0.05) is 12.0 Å². The topological polar surface area (TPSA) is 55.8 Å². The first-order valence-electron chi connectivity index (χ1n) is 5.14. The molecule has 0 saturated heterocycles. The molecule has 4 nitrogen and oxygen atoms in total. The Bertz CT molecular complexity index is 488. The number of hydrogen-bond acceptors (Lipinski definition) is 3. The summed E-state index contributed by atoms with van der Waals surface area (Å²) in [6, 6.07) is 5.40. The molecule has 0 unspecified atom stereocenters. The summed E-state index contributed by atoms with van der Waals surface area (Å²) in [5.74, 6) is 0.409. The van der Waals surface area contributed by atoms with Crippen LogP contribution in [-0.4, -0.2) is 17.9 Å². The van der Waals surface area contributed by atoms with Crippen LogP contribution in [0.4, 0.5) is 0 Å². The number of carboxylic acid groups (broad SMARTS) is 1. The molecule has 0 fully saturated rings. The number of ether oxygens (including phenoxy) is 2. The highest BCUT2D eigenvalue weighted by atomic mass is 16.7. The Labute approximate surface area is 98.8 Å². The zero-order valence-corrected chi connectivity index (χ0v) is 9.18. The molecule has 1 N–H and O–H groups in total. The van der Waals surface area contributed by atoms with E-state index in [0.29, 0.717) is 23.5 Å². The first kappa shape index (κ1) is 11.3. The van der Waals surface area contributed by atoms with Crippen LogP contribution in [0.15, 0.2) is 42.5 Å². The van der Waals surface area contributed by atoms with Crippen LogP contribution in [0.1, 0.15) is 5.56 Å². The fourth-order valence-corrected chi connectivity index (χ4v) is 1.62. The van der Waals surface area contributed by atoms with Crippen molar-refractivity contribution in [3.63, 3.8) is 0 Å². The molecule has 0 aromatic heterocycles. The van der Waals surface area contributed by atoms with E-state index in [9.17, 15) is 4.79 Å². The first-order valence-corrected chi connectivity index (χ1v) is 5.14. The Hall–Kier alpha value is -2.23. The molecule has 1 aliphatic heterocycles. The Morgan fingerprint density at radius 1 is 1.41 bits per heavy atom. The third-order valence-corrected chi connectivity index (χ3v) is 2.43. The number of benzene rings is 1. The molecule has 0 spiro atoms. The smallest absolute Gasteiger partial charge is 0.331 e. The number of fused-ring (bicyclic) bond motifs is 1. The minimum Gasteiger partial charge on any atom is -0.478 e. The van der Waals surface area contributed by atoms with Crippen LogP contribution in [0, 0.1) is 0 Å². The largest absolute Gasteiger partial charge is 0.478 e. The van der Waals surface area contributed by atoms with Crippen molar-refractivity contribution in [2.75, 3.05) is 6.79 Å². The predicted molar refractivity (Wildman–Crippen MR) is 62.2 cm³/mol. The lowest BCUT2D eigenvalue weighted by Crippen LogP contribution is -2.03. The maximum Gasteiger partial charge on any atom is 0.331 e. The van der Waals surface area contributed by atoms with Gasteiger partial charge in [-0.2, -0.15) is 0 Å². The summed E-state index contributed by atoms with van der Waals surface area (Å²) in [5.41, 5.74) is 1.16. The normalized spacial score (nSPS) is 13.5. The van der Waals surface area contributed by atoms with E-state index in [1.54, 1.807) is 12.1 Å². The minimum absolute atomic E-state index is 0.215. The van der Waals surface area contributed by atoms with Gasteiger partial charge in [-0.3, -0.25) is 0 Å². The molecular weight excluding hydrogens is 220 g/mol. The van der Waals surface area contributed by atoms with Gasteiger partial charge in [0.05, 0.1) is 0 Å². The summed E-state index contributed by atoms with van der Waals surface area (Å²) in [6.07, 6.45) is 3.29. The van der Waals surface area contributed by atoms with Crippen LogP contribution in [0.25, 0.3) is 0 Å². The van der Waals surface area contributed by atoms with Crippen molar-refractivity contribution in [1.82, 2.24) is 0 Å². The van der Waals surface area contributed by atoms with Crippen LogP contribution in [0.2, 0.25) is 0 Å². The van der Waals surface area contributed by atoms with Gasteiger partial charge in [-0.15, -0.1) is 0 Å². The molecule has 1 aromatic rings. The van der Waals surface area contributed by atoms with E-state index in [-0.39, 0.29) is 6.79 Å². The summed E-state index contributed by atoms with van der Waals surface area (Å²) in [4.78, 5) is 11.0. The summed E-state index contributed by atoms with van der Waals surface area (Å²) in [5, 5.41) is 8.99. The van der Waals surface area contributed by atoms with Crippen molar-refractivity contribution in [3.05, 3.63) is 48.1 Å². The molecule has 0 atom stereocenters. The van der Waals surface area contributed by atoms with E-state index in [4.69, 9.17) is 14.6 Å². The Morgan fingerprint density at radius 3 is 2.88 bits per heavy atom. The van der Waals surface area contributed by atoms with E-state index in [1.165, 1.54) is 12.2 Å². The third-order valence-electron chi connectivity index (χ3n) is 2.43. The van der Waals surface area contributed by atoms with Gasteiger partial charge in [0.2, 0.25) is 6.79 Å². The summed E-state index contributed by atoms with van der Waals surface area (Å²) >= 11 is 0. The van der Waals surface area contributed by atoms with Gasteiger partial charge in [0.1, 0.15) is 0 Å². The molecule has 88 valence electrons. The fourth-order valence-electron chi connectivity index (χ4n) is 1.62. The SMILES string of the molecule is C=C/C=C(\Cc1ccc2c(c1)OCO2)C(=O)O. The average Bonchev–Trinajstić information content (AvgIpc) is 2.75. The van der Waals surface area contributed by atoms with Crippen LogP contribution in [0.5, 0.6) is 11.5 Å². The molecule has 0 amide bonds. The van der Waals surface area contributed by atoms with Gasteiger partial charge in [-0.1, -0.05) is 24.8 Å². The number of allylic oxidation sites excluding steroid dienone is 2. The summed E-state index contributed by atoms with van der Waals surface area (Å²) < 4.78 is 10.4.